The molecule has 6 nitrogen and oxygen atoms in total. The molecule has 4 rings (SSSR count). The molecule has 0 unspecified atom stereocenters. The van der Waals surface area contributed by atoms with Crippen molar-refractivity contribution in [3.05, 3.63) is 46.1 Å². The van der Waals surface area contributed by atoms with E-state index in [9.17, 15) is 4.79 Å². The Morgan fingerprint density at radius 3 is 2.75 bits per heavy atom. The van der Waals surface area contributed by atoms with Gasteiger partial charge in [-0.25, -0.2) is 4.98 Å². The van der Waals surface area contributed by atoms with Gasteiger partial charge in [0.15, 0.2) is 0 Å². The summed E-state index contributed by atoms with van der Waals surface area (Å²) in [6, 6.07) is 7.38. The Morgan fingerprint density at radius 1 is 1.21 bits per heavy atom. The van der Waals surface area contributed by atoms with Crippen LogP contribution in [0.2, 0.25) is 10.0 Å². The Morgan fingerprint density at radius 2 is 2.00 bits per heavy atom. The van der Waals surface area contributed by atoms with E-state index in [1.807, 2.05) is 24.0 Å². The number of halogens is 2. The molecular weight excluding hydrogens is 399 g/mol. The van der Waals surface area contributed by atoms with Gasteiger partial charge in [-0.3, -0.25) is 4.79 Å². The van der Waals surface area contributed by atoms with Gasteiger partial charge in [-0.15, -0.1) is 0 Å². The highest BCUT2D eigenvalue weighted by Gasteiger charge is 2.47. The number of ether oxygens (including phenoxy) is 1. The summed E-state index contributed by atoms with van der Waals surface area (Å²) in [6.07, 6.45) is 2.53. The zero-order chi connectivity index (χ0) is 19.7. The third-order valence-corrected chi connectivity index (χ3v) is 6.11. The lowest BCUT2D eigenvalue weighted by Gasteiger charge is -2.35. The molecule has 1 aromatic carbocycles. The fraction of sp³-hybridized carbons (Fsp3) is 0.450. The summed E-state index contributed by atoms with van der Waals surface area (Å²) in [5.41, 5.74) is 0.979. The first-order valence-electron chi connectivity index (χ1n) is 9.52. The van der Waals surface area contributed by atoms with Crippen LogP contribution >= 0.6 is 23.2 Å². The van der Waals surface area contributed by atoms with E-state index in [1.54, 1.807) is 18.3 Å². The number of nitrogens with zero attached hydrogens (tertiary/aromatic N) is 4. The van der Waals surface area contributed by atoms with Crippen molar-refractivity contribution in [2.75, 3.05) is 37.7 Å². The van der Waals surface area contributed by atoms with Crippen LogP contribution in [0.4, 0.5) is 5.95 Å². The highest BCUT2D eigenvalue weighted by atomic mass is 35.5. The molecule has 0 N–H and O–H groups in total. The van der Waals surface area contributed by atoms with Crippen LogP contribution in [0.15, 0.2) is 30.5 Å². The molecule has 1 saturated heterocycles. The first-order chi connectivity index (χ1) is 13.6. The van der Waals surface area contributed by atoms with E-state index in [0.29, 0.717) is 54.7 Å². The fourth-order valence-corrected chi connectivity index (χ4v) is 4.14. The standard InChI is InChI=1S/C20H22Cl2N4O2/c1-2-28-17-6-7-23-20(24-17)26-10-8-25(9-11-26)19(27)15-12-14(15)13-4-3-5-16(21)18(13)22/h3-7,14-15H,2,8-12H2,1H3/t14-,15-/m1/s1. The molecule has 2 fully saturated rings. The minimum Gasteiger partial charge on any atom is -0.478 e. The second-order valence-corrected chi connectivity index (χ2v) is 7.82. The number of aromatic nitrogens is 2. The van der Waals surface area contributed by atoms with Gasteiger partial charge in [0.2, 0.25) is 17.7 Å². The van der Waals surface area contributed by atoms with Crippen LogP contribution in [0.25, 0.3) is 0 Å². The van der Waals surface area contributed by atoms with Gasteiger partial charge in [0.1, 0.15) is 0 Å². The molecule has 2 heterocycles. The summed E-state index contributed by atoms with van der Waals surface area (Å²) in [5.74, 6) is 1.59. The van der Waals surface area contributed by atoms with E-state index in [0.717, 1.165) is 12.0 Å². The number of piperazine rings is 1. The van der Waals surface area contributed by atoms with Gasteiger partial charge in [-0.2, -0.15) is 4.98 Å². The number of rotatable bonds is 5. The fourth-order valence-electron chi connectivity index (χ4n) is 3.69. The van der Waals surface area contributed by atoms with Crippen LogP contribution in [0, 0.1) is 5.92 Å². The van der Waals surface area contributed by atoms with Crippen LogP contribution in [0.3, 0.4) is 0 Å². The Hall–Kier alpha value is -2.05. The van der Waals surface area contributed by atoms with Gasteiger partial charge in [0.05, 0.1) is 16.7 Å². The SMILES string of the molecule is CCOc1ccnc(N2CCN(C(=O)[C@@H]3C[C@@H]3c3cccc(Cl)c3Cl)CC2)n1. The number of hydrogen-bond acceptors (Lipinski definition) is 5. The largest absolute Gasteiger partial charge is 0.478 e. The Kier molecular flexibility index (Phi) is 5.60. The summed E-state index contributed by atoms with van der Waals surface area (Å²) in [6.45, 7) is 5.22. The topological polar surface area (TPSA) is 58.6 Å². The Balaban J connectivity index is 1.35. The summed E-state index contributed by atoms with van der Waals surface area (Å²) >= 11 is 12.4. The van der Waals surface area contributed by atoms with Crippen LogP contribution in [0.5, 0.6) is 5.88 Å². The predicted molar refractivity (Wildman–Crippen MR) is 109 cm³/mol. The highest BCUT2D eigenvalue weighted by molar-refractivity contribution is 6.42. The van der Waals surface area contributed by atoms with Gasteiger partial charge in [-0.1, -0.05) is 35.3 Å². The van der Waals surface area contributed by atoms with E-state index >= 15 is 0 Å². The van der Waals surface area contributed by atoms with Gasteiger partial charge >= 0.3 is 0 Å². The molecule has 2 atom stereocenters. The Labute approximate surface area is 174 Å². The van der Waals surface area contributed by atoms with Crippen molar-refractivity contribution in [2.24, 2.45) is 5.92 Å². The molecular formula is C20H22Cl2N4O2. The maximum Gasteiger partial charge on any atom is 0.228 e. The lowest BCUT2D eigenvalue weighted by atomic mass is 10.1. The lowest BCUT2D eigenvalue weighted by Crippen LogP contribution is -2.49. The van der Waals surface area contributed by atoms with Crippen molar-refractivity contribution in [2.45, 2.75) is 19.3 Å². The molecule has 1 aliphatic heterocycles. The van der Waals surface area contributed by atoms with Gasteiger partial charge in [0.25, 0.3) is 0 Å². The van der Waals surface area contributed by atoms with E-state index in [2.05, 4.69) is 14.9 Å². The zero-order valence-corrected chi connectivity index (χ0v) is 17.2. The molecule has 2 aliphatic rings. The van der Waals surface area contributed by atoms with Crippen molar-refractivity contribution in [3.63, 3.8) is 0 Å². The second-order valence-electron chi connectivity index (χ2n) is 7.03. The van der Waals surface area contributed by atoms with E-state index < -0.39 is 0 Å². The number of anilines is 1. The maximum atomic E-state index is 12.9. The van der Waals surface area contributed by atoms with Crippen LogP contribution in [-0.4, -0.2) is 53.6 Å². The molecule has 148 valence electrons. The number of amides is 1. The van der Waals surface area contributed by atoms with Crippen molar-refractivity contribution >= 4 is 35.1 Å². The average molecular weight is 421 g/mol. The first-order valence-corrected chi connectivity index (χ1v) is 10.3. The molecule has 1 aliphatic carbocycles. The Bertz CT molecular complexity index is 871. The molecule has 1 saturated carbocycles. The number of carbonyl (C=O) groups excluding carboxylic acids is 1. The number of benzene rings is 1. The summed E-state index contributed by atoms with van der Waals surface area (Å²) < 4.78 is 5.45. The van der Waals surface area contributed by atoms with Crippen molar-refractivity contribution in [1.29, 1.82) is 0 Å². The highest BCUT2D eigenvalue weighted by Crippen LogP contribution is 2.51. The smallest absolute Gasteiger partial charge is 0.228 e. The second kappa shape index (κ2) is 8.13. The van der Waals surface area contributed by atoms with Crippen LogP contribution in [0.1, 0.15) is 24.8 Å². The number of carbonyl (C=O) groups is 1. The van der Waals surface area contributed by atoms with E-state index in [4.69, 9.17) is 27.9 Å². The van der Waals surface area contributed by atoms with Gasteiger partial charge < -0.3 is 14.5 Å². The third kappa shape index (κ3) is 3.89. The maximum absolute atomic E-state index is 12.9. The summed E-state index contributed by atoms with van der Waals surface area (Å²) in [5, 5.41) is 1.11. The molecule has 28 heavy (non-hydrogen) atoms. The van der Waals surface area contributed by atoms with Crippen molar-refractivity contribution < 1.29 is 9.53 Å². The van der Waals surface area contributed by atoms with Gasteiger partial charge in [-0.05, 0) is 30.9 Å². The average Bonchev–Trinajstić information content (AvgIpc) is 3.51. The van der Waals surface area contributed by atoms with Crippen molar-refractivity contribution in [1.82, 2.24) is 14.9 Å². The van der Waals surface area contributed by atoms with E-state index in [1.165, 1.54) is 0 Å². The molecule has 8 heteroatoms. The summed E-state index contributed by atoms with van der Waals surface area (Å²) in [4.78, 5) is 25.7. The number of hydrogen-bond donors (Lipinski definition) is 0. The van der Waals surface area contributed by atoms with Gasteiger partial charge in [0, 0.05) is 44.4 Å². The molecule has 0 radical (unpaired) electrons. The zero-order valence-electron chi connectivity index (χ0n) is 15.6. The molecule has 1 aromatic heterocycles. The van der Waals surface area contributed by atoms with Crippen LogP contribution in [-0.2, 0) is 4.79 Å². The molecule has 0 bridgehead atoms. The quantitative estimate of drug-likeness (QED) is 0.738. The third-order valence-electron chi connectivity index (χ3n) is 5.27. The minimum absolute atomic E-state index is 0.0000452. The molecule has 1 amide bonds. The van der Waals surface area contributed by atoms with Crippen molar-refractivity contribution in [3.8, 4) is 5.88 Å². The normalized spacial score (nSPS) is 21.5. The minimum atomic E-state index is 0.0000452. The predicted octanol–water partition coefficient (Wildman–Crippen LogP) is 3.63. The lowest BCUT2D eigenvalue weighted by molar-refractivity contribution is -0.133. The monoisotopic (exact) mass is 420 g/mol. The van der Waals surface area contributed by atoms with Crippen LogP contribution < -0.4 is 9.64 Å². The summed E-state index contributed by atoms with van der Waals surface area (Å²) in [7, 11) is 0. The van der Waals surface area contributed by atoms with E-state index in [-0.39, 0.29) is 17.7 Å². The molecule has 0 spiro atoms. The molecule has 2 aromatic rings. The first kappa shape index (κ1) is 19.3.